The van der Waals surface area contributed by atoms with E-state index in [1.165, 1.54) is 11.2 Å². The van der Waals surface area contributed by atoms with Crippen LogP contribution in [-0.4, -0.2) is 32.5 Å². The Hall–Kier alpha value is -3.26. The lowest BCUT2D eigenvalue weighted by Crippen LogP contribution is -2.30. The predicted molar refractivity (Wildman–Crippen MR) is 99.4 cm³/mol. The molecule has 3 aromatic rings. The van der Waals surface area contributed by atoms with Crippen molar-refractivity contribution in [2.45, 2.75) is 32.4 Å². The van der Waals surface area contributed by atoms with Crippen molar-refractivity contribution in [3.8, 4) is 0 Å². The van der Waals surface area contributed by atoms with Gasteiger partial charge in [-0.15, -0.1) is 0 Å². The second-order valence-corrected chi connectivity index (χ2v) is 6.74. The van der Waals surface area contributed by atoms with Gasteiger partial charge in [0.05, 0.1) is 17.4 Å². The van der Waals surface area contributed by atoms with E-state index in [9.17, 15) is 19.5 Å². The smallest absolute Gasteiger partial charge is 0.295 e. The molecule has 0 saturated carbocycles. The third kappa shape index (κ3) is 2.82. The molecule has 1 aliphatic rings. The van der Waals surface area contributed by atoms with E-state index in [1.807, 2.05) is 6.92 Å². The van der Waals surface area contributed by atoms with E-state index >= 15 is 0 Å². The highest BCUT2D eigenvalue weighted by molar-refractivity contribution is 6.48. The number of imidazole rings is 1. The minimum atomic E-state index is -1.14. The zero-order chi connectivity index (χ0) is 19.8. The molecule has 2 aromatic heterocycles. The summed E-state index contributed by atoms with van der Waals surface area (Å²) in [5.74, 6) is -2.33. The summed E-state index contributed by atoms with van der Waals surface area (Å²) in [5.41, 5.74) is 1.89. The molecular weight excluding hydrogens is 362 g/mol. The van der Waals surface area contributed by atoms with Gasteiger partial charge in [0.15, 0.2) is 0 Å². The van der Waals surface area contributed by atoms with E-state index in [2.05, 4.69) is 9.97 Å². The zero-order valence-corrected chi connectivity index (χ0v) is 15.2. The molecule has 1 fully saturated rings. The summed E-state index contributed by atoms with van der Waals surface area (Å²) in [7, 11) is 0. The van der Waals surface area contributed by atoms with Crippen LogP contribution >= 0.6 is 0 Å². The summed E-state index contributed by atoms with van der Waals surface area (Å²) < 4.78 is 5.63. The minimum Gasteiger partial charge on any atom is -0.461 e. The molecular formula is C20H19N3O5. The summed E-state index contributed by atoms with van der Waals surface area (Å²) in [6.45, 7) is 1.52. The summed E-state index contributed by atoms with van der Waals surface area (Å²) in [6, 6.07) is 7.40. The fraction of sp³-hybridized carbons (Fsp3) is 0.300. The van der Waals surface area contributed by atoms with Crippen LogP contribution < -0.4 is 4.90 Å². The summed E-state index contributed by atoms with van der Waals surface area (Å²) in [4.78, 5) is 46.8. The molecule has 1 aliphatic heterocycles. The number of furan rings is 1. The van der Waals surface area contributed by atoms with Gasteiger partial charge < -0.3 is 14.5 Å². The second kappa shape index (κ2) is 7.05. The molecule has 0 radical (unpaired) electrons. The van der Waals surface area contributed by atoms with Crippen LogP contribution in [0, 0.1) is 5.92 Å². The summed E-state index contributed by atoms with van der Waals surface area (Å²) in [6.07, 6.45) is 2.31. The monoisotopic (exact) mass is 381 g/mol. The number of hydrogen-bond acceptors (Lipinski definition) is 6. The van der Waals surface area contributed by atoms with Crippen molar-refractivity contribution in [2.75, 3.05) is 4.90 Å². The number of Topliss-reactive ketones (excluding diaryl/α,β-unsaturated/α-hetero) is 2. The van der Waals surface area contributed by atoms with E-state index in [0.29, 0.717) is 29.1 Å². The van der Waals surface area contributed by atoms with Gasteiger partial charge in [0.2, 0.25) is 5.78 Å². The lowest BCUT2D eigenvalue weighted by molar-refractivity contribution is -0.139. The highest BCUT2D eigenvalue weighted by Crippen LogP contribution is 2.41. The Balaban J connectivity index is 1.84. The van der Waals surface area contributed by atoms with E-state index in [4.69, 9.17) is 4.42 Å². The number of ketones is 2. The number of aliphatic hydroxyl groups is 1. The number of H-pyrrole nitrogens is 1. The molecule has 2 atom stereocenters. The van der Waals surface area contributed by atoms with Crippen molar-refractivity contribution >= 4 is 34.2 Å². The first-order chi connectivity index (χ1) is 13.5. The fourth-order valence-corrected chi connectivity index (χ4v) is 3.68. The Bertz CT molecular complexity index is 1070. The highest BCUT2D eigenvalue weighted by atomic mass is 16.4. The Morgan fingerprint density at radius 3 is 2.82 bits per heavy atom. The van der Waals surface area contributed by atoms with Gasteiger partial charge in [0, 0.05) is 12.1 Å². The number of benzene rings is 1. The molecule has 8 nitrogen and oxygen atoms in total. The van der Waals surface area contributed by atoms with Gasteiger partial charge in [-0.1, -0.05) is 6.92 Å². The summed E-state index contributed by atoms with van der Waals surface area (Å²) >= 11 is 0. The van der Waals surface area contributed by atoms with Crippen LogP contribution in [0.1, 0.15) is 37.3 Å². The molecule has 144 valence electrons. The van der Waals surface area contributed by atoms with Gasteiger partial charge in [0.25, 0.3) is 5.91 Å². The Labute approximate surface area is 160 Å². The van der Waals surface area contributed by atoms with E-state index in [-0.39, 0.29) is 18.8 Å². The average molecular weight is 381 g/mol. The summed E-state index contributed by atoms with van der Waals surface area (Å²) in [5, 5.41) is 9.32. The first-order valence-electron chi connectivity index (χ1n) is 9.08. The SMILES string of the molecule is CCCC(=O)C1C(=O)C(=O)N(c2ccc3nc[nH]c3c2)C1c1ccc(CO)o1. The van der Waals surface area contributed by atoms with E-state index < -0.39 is 23.7 Å². The van der Waals surface area contributed by atoms with Crippen LogP contribution in [0.15, 0.2) is 41.1 Å². The molecule has 2 unspecified atom stereocenters. The third-order valence-corrected chi connectivity index (χ3v) is 4.96. The number of rotatable bonds is 6. The van der Waals surface area contributed by atoms with Crippen molar-refractivity contribution in [3.63, 3.8) is 0 Å². The Morgan fingerprint density at radius 2 is 2.11 bits per heavy atom. The molecule has 0 spiro atoms. The number of aromatic amines is 1. The van der Waals surface area contributed by atoms with Crippen LogP contribution in [0.2, 0.25) is 0 Å². The molecule has 1 aromatic carbocycles. The molecule has 0 aliphatic carbocycles. The van der Waals surface area contributed by atoms with Crippen molar-refractivity contribution in [1.82, 2.24) is 9.97 Å². The van der Waals surface area contributed by atoms with Crippen molar-refractivity contribution in [1.29, 1.82) is 0 Å². The standard InChI is InChI=1S/C20H19N3O5/c1-2-3-15(25)17-18(16-7-5-12(9-24)28-16)23(20(27)19(17)26)11-4-6-13-14(8-11)22-10-21-13/h4-8,10,17-18,24H,2-3,9H2,1H3,(H,21,22). The minimum absolute atomic E-state index is 0.196. The fourth-order valence-electron chi connectivity index (χ4n) is 3.68. The molecule has 8 heteroatoms. The average Bonchev–Trinajstić information content (AvgIpc) is 3.40. The number of amides is 1. The van der Waals surface area contributed by atoms with E-state index in [1.54, 1.807) is 30.3 Å². The quantitative estimate of drug-likeness (QED) is 0.500. The number of fused-ring (bicyclic) bond motifs is 1. The van der Waals surface area contributed by atoms with Crippen LogP contribution in [0.25, 0.3) is 11.0 Å². The lowest BCUT2D eigenvalue weighted by atomic mass is 9.90. The largest absolute Gasteiger partial charge is 0.461 e. The Morgan fingerprint density at radius 1 is 1.29 bits per heavy atom. The number of carbonyl (C=O) groups excluding carboxylic acids is 3. The van der Waals surface area contributed by atoms with Gasteiger partial charge in [0.1, 0.15) is 35.9 Å². The van der Waals surface area contributed by atoms with Gasteiger partial charge in [-0.2, -0.15) is 0 Å². The van der Waals surface area contributed by atoms with E-state index in [0.717, 1.165) is 5.52 Å². The molecule has 3 heterocycles. The molecule has 0 bridgehead atoms. The van der Waals surface area contributed by atoms with Gasteiger partial charge in [-0.25, -0.2) is 4.98 Å². The molecule has 1 saturated heterocycles. The van der Waals surface area contributed by atoms with Crippen molar-refractivity contribution in [2.24, 2.45) is 5.92 Å². The van der Waals surface area contributed by atoms with Crippen molar-refractivity contribution in [3.05, 3.63) is 48.2 Å². The number of anilines is 1. The molecule has 28 heavy (non-hydrogen) atoms. The second-order valence-electron chi connectivity index (χ2n) is 6.74. The maximum Gasteiger partial charge on any atom is 0.295 e. The number of nitrogens with zero attached hydrogens (tertiary/aromatic N) is 2. The number of aromatic nitrogens is 2. The first kappa shape index (κ1) is 18.1. The lowest BCUT2D eigenvalue weighted by Gasteiger charge is -2.25. The van der Waals surface area contributed by atoms with Crippen LogP contribution in [-0.2, 0) is 21.0 Å². The topological polar surface area (TPSA) is 116 Å². The maximum absolute atomic E-state index is 12.9. The van der Waals surface area contributed by atoms with Gasteiger partial charge >= 0.3 is 0 Å². The Kier molecular flexibility index (Phi) is 4.56. The normalized spacial score (nSPS) is 19.7. The first-order valence-corrected chi connectivity index (χ1v) is 9.08. The third-order valence-electron chi connectivity index (χ3n) is 4.96. The van der Waals surface area contributed by atoms with Crippen molar-refractivity contribution < 1.29 is 23.9 Å². The molecule has 4 rings (SSSR count). The predicted octanol–water partition coefficient (Wildman–Crippen LogP) is 2.29. The number of aliphatic hydroxyl groups excluding tert-OH is 1. The van der Waals surface area contributed by atoms with Gasteiger partial charge in [-0.05, 0) is 36.8 Å². The molecule has 2 N–H and O–H groups in total. The van der Waals surface area contributed by atoms with Crippen LogP contribution in [0.4, 0.5) is 5.69 Å². The highest BCUT2D eigenvalue weighted by Gasteiger charge is 2.53. The number of carbonyl (C=O) groups is 3. The maximum atomic E-state index is 12.9. The zero-order valence-electron chi connectivity index (χ0n) is 15.2. The number of nitrogens with one attached hydrogen (secondary N) is 1. The van der Waals surface area contributed by atoms with Crippen LogP contribution in [0.3, 0.4) is 0 Å². The van der Waals surface area contributed by atoms with Crippen LogP contribution in [0.5, 0.6) is 0 Å². The van der Waals surface area contributed by atoms with Gasteiger partial charge in [-0.3, -0.25) is 19.3 Å². The molecule has 1 amide bonds. The number of hydrogen-bond donors (Lipinski definition) is 2.